The van der Waals surface area contributed by atoms with Gasteiger partial charge in [-0.2, -0.15) is 4.31 Å². The van der Waals surface area contributed by atoms with E-state index in [1.807, 2.05) is 13.8 Å². The van der Waals surface area contributed by atoms with Gasteiger partial charge < -0.3 is 10.2 Å². The zero-order valence-electron chi connectivity index (χ0n) is 17.1. The fourth-order valence-electron chi connectivity index (χ4n) is 4.81. The van der Waals surface area contributed by atoms with Gasteiger partial charge in [-0.15, -0.1) is 0 Å². The maximum atomic E-state index is 12.5. The van der Waals surface area contributed by atoms with Crippen LogP contribution in [0.5, 0.6) is 0 Å². The highest BCUT2D eigenvalue weighted by molar-refractivity contribution is 7.89. The van der Waals surface area contributed by atoms with Gasteiger partial charge in [-0.1, -0.05) is 26.7 Å². The molecule has 1 saturated heterocycles. The summed E-state index contributed by atoms with van der Waals surface area (Å²) in [5.41, 5.74) is 0.649. The molecule has 3 atom stereocenters. The van der Waals surface area contributed by atoms with Crippen molar-refractivity contribution in [3.05, 3.63) is 24.3 Å². The van der Waals surface area contributed by atoms with Crippen LogP contribution in [-0.4, -0.2) is 51.4 Å². The molecule has 0 aromatic heterocycles. The van der Waals surface area contributed by atoms with E-state index in [9.17, 15) is 13.2 Å². The lowest BCUT2D eigenvalue weighted by Gasteiger charge is -2.38. The maximum absolute atomic E-state index is 12.5. The van der Waals surface area contributed by atoms with Crippen LogP contribution < -0.4 is 10.2 Å². The Morgan fingerprint density at radius 1 is 1.07 bits per heavy atom. The summed E-state index contributed by atoms with van der Waals surface area (Å²) in [6.45, 7) is 7.22. The number of quaternary nitrogens is 1. The molecule has 1 aromatic carbocycles. The van der Waals surface area contributed by atoms with Crippen molar-refractivity contribution in [2.75, 3.05) is 38.0 Å². The van der Waals surface area contributed by atoms with E-state index >= 15 is 0 Å². The molecule has 28 heavy (non-hydrogen) atoms. The van der Waals surface area contributed by atoms with Gasteiger partial charge in [0, 0.05) is 24.7 Å². The van der Waals surface area contributed by atoms with Crippen LogP contribution in [0.1, 0.15) is 46.0 Å². The number of amides is 1. The Kier molecular flexibility index (Phi) is 7.12. The molecule has 0 radical (unpaired) electrons. The fraction of sp³-hybridized carbons (Fsp3) is 0.667. The van der Waals surface area contributed by atoms with E-state index in [4.69, 9.17) is 0 Å². The minimum Gasteiger partial charge on any atom is -0.327 e. The molecule has 6 nitrogen and oxygen atoms in total. The number of likely N-dealkylation sites (tertiary alicyclic amines) is 1. The second-order valence-corrected chi connectivity index (χ2v) is 10.1. The van der Waals surface area contributed by atoms with Crippen molar-refractivity contribution < 1.29 is 18.1 Å². The summed E-state index contributed by atoms with van der Waals surface area (Å²) in [6.07, 6.45) is 6.64. The first-order chi connectivity index (χ1) is 13.4. The van der Waals surface area contributed by atoms with Crippen LogP contribution in [0.2, 0.25) is 0 Å². The zero-order chi connectivity index (χ0) is 20.1. The molecule has 0 bridgehead atoms. The topological polar surface area (TPSA) is 70.9 Å². The lowest BCUT2D eigenvalue weighted by molar-refractivity contribution is -0.902. The van der Waals surface area contributed by atoms with Crippen LogP contribution in [0.15, 0.2) is 29.2 Å². The predicted octanol–water partition coefficient (Wildman–Crippen LogP) is 1.75. The number of nitrogens with zero attached hydrogens (tertiary/aromatic N) is 1. The molecule has 3 rings (SSSR count). The second-order valence-electron chi connectivity index (χ2n) is 8.14. The number of benzene rings is 1. The molecule has 1 aliphatic heterocycles. The lowest BCUT2D eigenvalue weighted by Crippen LogP contribution is -3.15. The Labute approximate surface area is 169 Å². The Morgan fingerprint density at radius 3 is 2.36 bits per heavy atom. The van der Waals surface area contributed by atoms with Gasteiger partial charge in [0.2, 0.25) is 10.0 Å². The summed E-state index contributed by atoms with van der Waals surface area (Å²) >= 11 is 0. The van der Waals surface area contributed by atoms with E-state index in [0.717, 1.165) is 24.9 Å². The van der Waals surface area contributed by atoms with Crippen molar-refractivity contribution >= 4 is 21.6 Å². The van der Waals surface area contributed by atoms with Gasteiger partial charge in [-0.3, -0.25) is 4.79 Å². The zero-order valence-corrected chi connectivity index (χ0v) is 17.9. The minimum absolute atomic E-state index is 0.00334. The Hall–Kier alpha value is -1.44. The molecule has 1 aliphatic carbocycles. The van der Waals surface area contributed by atoms with E-state index in [-0.39, 0.29) is 10.8 Å². The number of hydrogen-bond donors (Lipinski definition) is 2. The monoisotopic (exact) mass is 408 g/mol. The van der Waals surface area contributed by atoms with E-state index in [0.29, 0.717) is 25.3 Å². The summed E-state index contributed by atoms with van der Waals surface area (Å²) in [5.74, 6) is 1.67. The number of hydrogen-bond acceptors (Lipinski definition) is 3. The van der Waals surface area contributed by atoms with Crippen LogP contribution in [0.3, 0.4) is 0 Å². The molecular formula is C21H34N3O3S+. The molecule has 2 fully saturated rings. The number of carbonyl (C=O) groups is 1. The van der Waals surface area contributed by atoms with E-state index in [1.165, 1.54) is 41.3 Å². The molecule has 1 unspecified atom stereocenters. The number of anilines is 1. The third kappa shape index (κ3) is 4.93. The molecule has 2 aliphatic rings. The minimum atomic E-state index is -3.46. The van der Waals surface area contributed by atoms with Crippen LogP contribution >= 0.6 is 0 Å². The van der Waals surface area contributed by atoms with Gasteiger partial charge in [0.1, 0.15) is 0 Å². The van der Waals surface area contributed by atoms with Crippen molar-refractivity contribution in [1.29, 1.82) is 0 Å². The standard InChI is InChI=1S/C21H33N3O3S/c1-3-24(4-2)28(26,27)20-11-9-19(10-12-20)22-21(25)16-23-14-13-17-7-5-6-8-18(17)15-23/h9-12,17-18H,3-8,13-16H2,1-2H3,(H,22,25)/p+1/t17-,18-/m1/s1. The first-order valence-corrected chi connectivity index (χ1v) is 12.1. The third-order valence-corrected chi connectivity index (χ3v) is 8.44. The van der Waals surface area contributed by atoms with Crippen LogP contribution in [0, 0.1) is 11.8 Å². The number of carbonyl (C=O) groups excluding carboxylic acids is 1. The lowest BCUT2D eigenvalue weighted by atomic mass is 9.75. The summed E-state index contributed by atoms with van der Waals surface area (Å²) in [4.78, 5) is 14.1. The van der Waals surface area contributed by atoms with Gasteiger partial charge in [-0.05, 0) is 49.4 Å². The molecule has 1 heterocycles. The highest BCUT2D eigenvalue weighted by Gasteiger charge is 2.34. The quantitative estimate of drug-likeness (QED) is 0.722. The number of sulfonamides is 1. The number of fused-ring (bicyclic) bond motifs is 1. The van der Waals surface area contributed by atoms with Crippen LogP contribution in [0.4, 0.5) is 5.69 Å². The normalized spacial score (nSPS) is 25.3. The molecule has 1 amide bonds. The Morgan fingerprint density at radius 2 is 1.71 bits per heavy atom. The summed E-state index contributed by atoms with van der Waals surface area (Å²) in [5, 5.41) is 2.93. The highest BCUT2D eigenvalue weighted by Crippen LogP contribution is 2.32. The summed E-state index contributed by atoms with van der Waals surface area (Å²) in [7, 11) is -3.46. The summed E-state index contributed by atoms with van der Waals surface area (Å²) in [6, 6.07) is 6.50. The van der Waals surface area contributed by atoms with E-state index in [1.54, 1.807) is 24.3 Å². The highest BCUT2D eigenvalue weighted by atomic mass is 32.2. The first-order valence-electron chi connectivity index (χ1n) is 10.7. The van der Waals surface area contributed by atoms with E-state index < -0.39 is 10.0 Å². The molecule has 156 valence electrons. The maximum Gasteiger partial charge on any atom is 0.279 e. The largest absolute Gasteiger partial charge is 0.327 e. The Balaban J connectivity index is 1.54. The van der Waals surface area contributed by atoms with Crippen LogP contribution in [-0.2, 0) is 14.8 Å². The predicted molar refractivity (Wildman–Crippen MR) is 111 cm³/mol. The average molecular weight is 409 g/mol. The van der Waals surface area contributed by atoms with Gasteiger partial charge >= 0.3 is 0 Å². The van der Waals surface area contributed by atoms with Crippen molar-refractivity contribution in [3.8, 4) is 0 Å². The Bertz CT molecular complexity index is 760. The van der Waals surface area contributed by atoms with Crippen molar-refractivity contribution in [2.24, 2.45) is 11.8 Å². The van der Waals surface area contributed by atoms with E-state index in [2.05, 4.69) is 5.32 Å². The molecule has 7 heteroatoms. The third-order valence-electron chi connectivity index (χ3n) is 6.38. The fourth-order valence-corrected chi connectivity index (χ4v) is 6.27. The van der Waals surface area contributed by atoms with Gasteiger partial charge in [-0.25, -0.2) is 8.42 Å². The summed E-state index contributed by atoms with van der Waals surface area (Å²) < 4.78 is 26.5. The van der Waals surface area contributed by atoms with Crippen molar-refractivity contribution in [2.45, 2.75) is 50.8 Å². The van der Waals surface area contributed by atoms with Crippen molar-refractivity contribution in [3.63, 3.8) is 0 Å². The number of piperidine rings is 1. The second kappa shape index (κ2) is 9.37. The van der Waals surface area contributed by atoms with Gasteiger partial charge in [0.25, 0.3) is 5.91 Å². The van der Waals surface area contributed by atoms with Crippen molar-refractivity contribution in [1.82, 2.24) is 4.31 Å². The first kappa shape index (κ1) is 21.3. The molecule has 1 aromatic rings. The van der Waals surface area contributed by atoms with Crippen LogP contribution in [0.25, 0.3) is 0 Å². The van der Waals surface area contributed by atoms with Gasteiger partial charge in [0.15, 0.2) is 6.54 Å². The number of nitrogens with one attached hydrogen (secondary N) is 2. The molecule has 1 saturated carbocycles. The molecular weight excluding hydrogens is 374 g/mol. The molecule has 2 N–H and O–H groups in total. The smallest absolute Gasteiger partial charge is 0.279 e. The average Bonchev–Trinajstić information content (AvgIpc) is 2.69. The molecule has 0 spiro atoms. The SMILES string of the molecule is CCN(CC)S(=O)(=O)c1ccc(NC(=O)C[NH+]2CC[C@H]3CCCC[C@@H]3C2)cc1. The van der Waals surface area contributed by atoms with Gasteiger partial charge in [0.05, 0.1) is 18.0 Å². The number of rotatable bonds is 7.